The van der Waals surface area contributed by atoms with Crippen molar-refractivity contribution in [2.75, 3.05) is 27.9 Å². The highest BCUT2D eigenvalue weighted by Crippen LogP contribution is 2.41. The van der Waals surface area contributed by atoms with Crippen molar-refractivity contribution < 1.29 is 28.9 Å². The smallest absolute Gasteiger partial charge is 0.295 e. The summed E-state index contributed by atoms with van der Waals surface area (Å²) in [4.78, 5) is 27.2. The van der Waals surface area contributed by atoms with Gasteiger partial charge in [0.05, 0.1) is 38.5 Å². The summed E-state index contributed by atoms with van der Waals surface area (Å²) in [6.07, 6.45) is 0.669. The number of ketones is 1. The molecule has 1 amide bonds. The van der Waals surface area contributed by atoms with Crippen LogP contribution in [0.2, 0.25) is 0 Å². The van der Waals surface area contributed by atoms with E-state index >= 15 is 0 Å². The molecule has 1 saturated heterocycles. The molecule has 1 unspecified atom stereocenters. The molecule has 158 valence electrons. The highest BCUT2D eigenvalue weighted by Gasteiger charge is 2.45. The van der Waals surface area contributed by atoms with Crippen molar-refractivity contribution in [2.24, 2.45) is 0 Å². The highest BCUT2D eigenvalue weighted by atomic mass is 16.5. The lowest BCUT2D eigenvalue weighted by molar-refractivity contribution is -0.139. The second-order valence-electron chi connectivity index (χ2n) is 6.83. The zero-order valence-electron chi connectivity index (χ0n) is 17.5. The van der Waals surface area contributed by atoms with E-state index in [0.29, 0.717) is 35.8 Å². The van der Waals surface area contributed by atoms with Gasteiger partial charge in [0, 0.05) is 6.54 Å². The molecule has 3 rings (SSSR count). The molecule has 0 spiro atoms. The van der Waals surface area contributed by atoms with Gasteiger partial charge in [-0.15, -0.1) is 0 Å². The van der Waals surface area contributed by atoms with Crippen molar-refractivity contribution in [1.29, 1.82) is 0 Å². The van der Waals surface area contributed by atoms with Crippen molar-refractivity contribution in [3.8, 4) is 17.2 Å². The third kappa shape index (κ3) is 3.70. The number of aliphatic hydroxyl groups excluding tert-OH is 1. The molecule has 2 aromatic rings. The molecule has 1 atom stereocenters. The van der Waals surface area contributed by atoms with Crippen molar-refractivity contribution in [1.82, 2.24) is 4.90 Å². The number of rotatable bonds is 7. The minimum absolute atomic E-state index is 0.0187. The van der Waals surface area contributed by atoms with Crippen LogP contribution in [0, 0.1) is 0 Å². The minimum atomic E-state index is -0.730. The first-order valence-corrected chi connectivity index (χ1v) is 9.61. The van der Waals surface area contributed by atoms with Gasteiger partial charge < -0.3 is 24.2 Å². The van der Waals surface area contributed by atoms with E-state index in [1.807, 2.05) is 6.92 Å². The number of amides is 1. The van der Waals surface area contributed by atoms with E-state index in [1.165, 1.54) is 19.1 Å². The van der Waals surface area contributed by atoms with Crippen LogP contribution in [0.5, 0.6) is 17.2 Å². The van der Waals surface area contributed by atoms with Gasteiger partial charge in [-0.3, -0.25) is 9.59 Å². The average Bonchev–Trinajstić information content (AvgIpc) is 3.03. The predicted molar refractivity (Wildman–Crippen MR) is 112 cm³/mol. The van der Waals surface area contributed by atoms with E-state index in [-0.39, 0.29) is 16.9 Å². The normalized spacial score (nSPS) is 17.9. The molecular weight excluding hydrogens is 386 g/mol. The Labute approximate surface area is 175 Å². The summed E-state index contributed by atoms with van der Waals surface area (Å²) in [6.45, 7) is 2.31. The second-order valence-corrected chi connectivity index (χ2v) is 6.83. The molecule has 0 aromatic heterocycles. The fraction of sp³-hybridized carbons (Fsp3) is 0.304. The fourth-order valence-electron chi connectivity index (χ4n) is 3.63. The maximum Gasteiger partial charge on any atom is 0.295 e. The minimum Gasteiger partial charge on any atom is -0.507 e. The molecule has 0 radical (unpaired) electrons. The van der Waals surface area contributed by atoms with Crippen LogP contribution in [-0.4, -0.2) is 49.6 Å². The van der Waals surface area contributed by atoms with Gasteiger partial charge in [-0.25, -0.2) is 0 Å². The number of carbonyl (C=O) groups is 2. The molecule has 0 saturated carbocycles. The van der Waals surface area contributed by atoms with Crippen LogP contribution in [-0.2, 0) is 9.59 Å². The first-order valence-electron chi connectivity index (χ1n) is 9.61. The number of Topliss-reactive ketones (excluding diaryl/α,β-unsaturated/α-hetero) is 1. The van der Waals surface area contributed by atoms with Gasteiger partial charge in [0.25, 0.3) is 11.7 Å². The van der Waals surface area contributed by atoms with Crippen LogP contribution < -0.4 is 14.2 Å². The summed E-state index contributed by atoms with van der Waals surface area (Å²) >= 11 is 0. The number of hydrogen-bond acceptors (Lipinski definition) is 6. The zero-order chi connectivity index (χ0) is 21.8. The molecule has 7 nitrogen and oxygen atoms in total. The Morgan fingerprint density at radius 3 is 2.17 bits per heavy atom. The number of ether oxygens (including phenoxy) is 3. The first kappa shape index (κ1) is 21.2. The summed E-state index contributed by atoms with van der Waals surface area (Å²) in [5.74, 6) is -0.165. The van der Waals surface area contributed by atoms with Crippen molar-refractivity contribution in [3.63, 3.8) is 0 Å². The number of benzene rings is 2. The van der Waals surface area contributed by atoms with Crippen LogP contribution in [0.25, 0.3) is 5.76 Å². The van der Waals surface area contributed by atoms with E-state index in [4.69, 9.17) is 14.2 Å². The van der Waals surface area contributed by atoms with E-state index in [0.717, 1.165) is 0 Å². The van der Waals surface area contributed by atoms with Crippen molar-refractivity contribution in [2.45, 2.75) is 19.4 Å². The number of likely N-dealkylation sites (tertiary alicyclic amines) is 1. The third-order valence-corrected chi connectivity index (χ3v) is 5.10. The van der Waals surface area contributed by atoms with E-state index in [2.05, 4.69) is 0 Å². The quantitative estimate of drug-likeness (QED) is 0.426. The maximum absolute atomic E-state index is 13.0. The van der Waals surface area contributed by atoms with Gasteiger partial charge >= 0.3 is 0 Å². The Morgan fingerprint density at radius 2 is 1.60 bits per heavy atom. The molecular formula is C23H25NO6. The van der Waals surface area contributed by atoms with Crippen LogP contribution in [0.4, 0.5) is 0 Å². The second kappa shape index (κ2) is 8.90. The van der Waals surface area contributed by atoms with Gasteiger partial charge in [0.1, 0.15) is 23.0 Å². The highest BCUT2D eigenvalue weighted by molar-refractivity contribution is 6.46. The van der Waals surface area contributed by atoms with Crippen LogP contribution in [0.3, 0.4) is 0 Å². The Bertz CT molecular complexity index is 980. The number of carbonyl (C=O) groups excluding carboxylic acids is 2. The molecule has 7 heteroatoms. The van der Waals surface area contributed by atoms with Gasteiger partial charge in [0.2, 0.25) is 0 Å². The largest absolute Gasteiger partial charge is 0.507 e. The lowest BCUT2D eigenvalue weighted by Gasteiger charge is -2.25. The van der Waals surface area contributed by atoms with Crippen LogP contribution in [0.15, 0.2) is 48.0 Å². The SMILES string of the molecule is CCCN1C(=O)C(=O)/C(=C(/O)c2cc(OC)ccc2OC)C1c1ccc(OC)cc1. The van der Waals surface area contributed by atoms with Gasteiger partial charge in [-0.2, -0.15) is 0 Å². The summed E-state index contributed by atoms with van der Waals surface area (Å²) in [6, 6.07) is 11.3. The lowest BCUT2D eigenvalue weighted by Crippen LogP contribution is -2.30. The van der Waals surface area contributed by atoms with Gasteiger partial charge in [0.15, 0.2) is 0 Å². The number of hydrogen-bond donors (Lipinski definition) is 1. The molecule has 1 aliphatic rings. The number of aliphatic hydroxyl groups is 1. The number of methoxy groups -OCH3 is 3. The molecule has 1 fully saturated rings. The van der Waals surface area contributed by atoms with E-state index in [1.54, 1.807) is 49.6 Å². The summed E-state index contributed by atoms with van der Waals surface area (Å²) in [5.41, 5.74) is 1.00. The first-order chi connectivity index (χ1) is 14.5. The standard InChI is InChI=1S/C23H25NO6/c1-5-12-24-20(14-6-8-15(28-2)9-7-14)19(22(26)23(24)27)21(25)17-13-16(29-3)10-11-18(17)30-4/h6-11,13,20,25H,5,12H2,1-4H3/b21-19+. The van der Waals surface area contributed by atoms with Crippen LogP contribution >= 0.6 is 0 Å². The van der Waals surface area contributed by atoms with Crippen molar-refractivity contribution in [3.05, 3.63) is 59.2 Å². The summed E-state index contributed by atoms with van der Waals surface area (Å²) in [5, 5.41) is 11.2. The molecule has 30 heavy (non-hydrogen) atoms. The lowest BCUT2D eigenvalue weighted by atomic mass is 9.94. The summed E-state index contributed by atoms with van der Waals surface area (Å²) < 4.78 is 15.8. The zero-order valence-corrected chi connectivity index (χ0v) is 17.5. The molecule has 2 aromatic carbocycles. The van der Waals surface area contributed by atoms with Gasteiger partial charge in [-0.1, -0.05) is 19.1 Å². The van der Waals surface area contributed by atoms with E-state index < -0.39 is 17.7 Å². The molecule has 0 bridgehead atoms. The maximum atomic E-state index is 13.0. The molecule has 1 N–H and O–H groups in total. The van der Waals surface area contributed by atoms with E-state index in [9.17, 15) is 14.7 Å². The Kier molecular flexibility index (Phi) is 6.30. The molecule has 1 aliphatic heterocycles. The summed E-state index contributed by atoms with van der Waals surface area (Å²) in [7, 11) is 4.53. The Morgan fingerprint density at radius 1 is 0.967 bits per heavy atom. The third-order valence-electron chi connectivity index (χ3n) is 5.10. The van der Waals surface area contributed by atoms with Gasteiger partial charge in [-0.05, 0) is 42.3 Å². The average molecular weight is 411 g/mol. The Balaban J connectivity index is 2.22. The van der Waals surface area contributed by atoms with Crippen LogP contribution in [0.1, 0.15) is 30.5 Å². The number of nitrogens with zero attached hydrogens (tertiary/aromatic N) is 1. The monoisotopic (exact) mass is 411 g/mol. The van der Waals surface area contributed by atoms with Crippen molar-refractivity contribution >= 4 is 17.4 Å². The molecule has 1 heterocycles. The Hall–Kier alpha value is -3.48. The topological polar surface area (TPSA) is 85.3 Å². The fourth-order valence-corrected chi connectivity index (χ4v) is 3.63. The molecule has 0 aliphatic carbocycles. The predicted octanol–water partition coefficient (Wildman–Crippen LogP) is 3.54.